The molecule has 0 fully saturated rings. The van der Waals surface area contributed by atoms with Crippen LogP contribution in [-0.4, -0.2) is 52.1 Å². The summed E-state index contributed by atoms with van der Waals surface area (Å²) < 4.78 is 7.13. The first-order chi connectivity index (χ1) is 12.7. The van der Waals surface area contributed by atoms with E-state index in [1.807, 2.05) is 35.9 Å². The lowest BCUT2D eigenvalue weighted by Gasteiger charge is -2.25. The minimum Gasteiger partial charge on any atom is -0.497 e. The average Bonchev–Trinajstić information content (AvgIpc) is 3.14. The zero-order chi connectivity index (χ0) is 18.4. The number of hydrogen-bond donors (Lipinski definition) is 3. The number of aryl methyl sites for hydroxylation is 1. The summed E-state index contributed by atoms with van der Waals surface area (Å²) in [6, 6.07) is 7.65. The van der Waals surface area contributed by atoms with E-state index in [9.17, 15) is 5.11 Å². The van der Waals surface area contributed by atoms with Crippen LogP contribution in [0.4, 0.5) is 0 Å². The van der Waals surface area contributed by atoms with Crippen LogP contribution in [-0.2, 0) is 13.0 Å². The summed E-state index contributed by atoms with van der Waals surface area (Å²) in [5.41, 5.74) is 0.786. The highest BCUT2D eigenvalue weighted by Crippen LogP contribution is 2.19. The first-order valence-electron chi connectivity index (χ1n) is 8.93. The Hall–Kier alpha value is -2.61. The van der Waals surface area contributed by atoms with Crippen molar-refractivity contribution in [3.05, 3.63) is 42.0 Å². The number of fused-ring (bicyclic) bond motifs is 1. The number of ether oxygens (including phenoxy) is 1. The molecule has 8 nitrogen and oxygen atoms in total. The summed E-state index contributed by atoms with van der Waals surface area (Å²) in [6.07, 6.45) is 2.78. The predicted molar refractivity (Wildman–Crippen MR) is 99.2 cm³/mol. The molecule has 8 heteroatoms. The smallest absolute Gasteiger partial charge is 0.191 e. The SMILES string of the molecule is CCNC(=NCC(O)c1cccc(OC)c1)NC1CCc2ncnn2C1. The van der Waals surface area contributed by atoms with Gasteiger partial charge in [0.1, 0.15) is 17.9 Å². The third kappa shape index (κ3) is 4.51. The molecular formula is C18H26N6O2. The second-order valence-corrected chi connectivity index (χ2v) is 6.25. The van der Waals surface area contributed by atoms with E-state index in [0.717, 1.165) is 43.1 Å². The van der Waals surface area contributed by atoms with Crippen molar-refractivity contribution >= 4 is 5.96 Å². The van der Waals surface area contributed by atoms with Gasteiger partial charge in [0.05, 0.1) is 26.3 Å². The lowest BCUT2D eigenvalue weighted by atomic mass is 10.1. The topological polar surface area (TPSA) is 96.6 Å². The minimum atomic E-state index is -0.686. The van der Waals surface area contributed by atoms with Crippen LogP contribution in [0.15, 0.2) is 35.6 Å². The highest BCUT2D eigenvalue weighted by Gasteiger charge is 2.20. The Bertz CT molecular complexity index is 745. The molecule has 0 spiro atoms. The first kappa shape index (κ1) is 18.2. The molecule has 0 saturated heterocycles. The molecule has 0 radical (unpaired) electrons. The van der Waals surface area contributed by atoms with Gasteiger partial charge >= 0.3 is 0 Å². The number of nitrogens with zero attached hydrogens (tertiary/aromatic N) is 4. The molecule has 0 aliphatic carbocycles. The number of guanidine groups is 1. The summed E-state index contributed by atoms with van der Waals surface area (Å²) in [5, 5.41) is 21.3. The monoisotopic (exact) mass is 358 g/mol. The normalized spacial score (nSPS) is 18.1. The Labute approximate surface area is 153 Å². The van der Waals surface area contributed by atoms with Crippen molar-refractivity contribution in [2.45, 2.75) is 38.5 Å². The molecule has 2 heterocycles. The van der Waals surface area contributed by atoms with Crippen LogP contribution in [0.5, 0.6) is 5.75 Å². The molecule has 140 valence electrons. The van der Waals surface area contributed by atoms with Gasteiger partial charge in [0, 0.05) is 19.0 Å². The maximum absolute atomic E-state index is 10.4. The highest BCUT2D eigenvalue weighted by atomic mass is 16.5. The predicted octanol–water partition coefficient (Wildman–Crippen LogP) is 0.890. The van der Waals surface area contributed by atoms with E-state index in [4.69, 9.17) is 4.74 Å². The van der Waals surface area contributed by atoms with Gasteiger partial charge in [-0.3, -0.25) is 4.99 Å². The summed E-state index contributed by atoms with van der Waals surface area (Å²) >= 11 is 0. The Morgan fingerprint density at radius 3 is 3.19 bits per heavy atom. The van der Waals surface area contributed by atoms with Gasteiger partial charge in [0.15, 0.2) is 5.96 Å². The second-order valence-electron chi connectivity index (χ2n) is 6.25. The number of nitrogens with one attached hydrogen (secondary N) is 2. The van der Waals surface area contributed by atoms with E-state index < -0.39 is 6.10 Å². The standard InChI is InChI=1S/C18H26N6O2/c1-3-19-18(23-14-7-8-17-21-12-22-24(17)11-14)20-10-16(25)13-5-4-6-15(9-13)26-2/h4-6,9,12,14,16,25H,3,7-8,10-11H2,1-2H3,(H2,19,20,23). The van der Waals surface area contributed by atoms with Crippen molar-refractivity contribution in [3.8, 4) is 5.75 Å². The number of aliphatic hydroxyl groups is 1. The van der Waals surface area contributed by atoms with E-state index in [0.29, 0.717) is 5.96 Å². The van der Waals surface area contributed by atoms with Crippen LogP contribution in [0, 0.1) is 0 Å². The minimum absolute atomic E-state index is 0.232. The van der Waals surface area contributed by atoms with Gasteiger partial charge in [-0.15, -0.1) is 0 Å². The van der Waals surface area contributed by atoms with Crippen molar-refractivity contribution in [1.82, 2.24) is 25.4 Å². The van der Waals surface area contributed by atoms with Gasteiger partial charge in [0.2, 0.25) is 0 Å². The van der Waals surface area contributed by atoms with Gasteiger partial charge in [-0.05, 0) is 31.0 Å². The first-order valence-corrected chi connectivity index (χ1v) is 8.93. The molecular weight excluding hydrogens is 332 g/mol. The van der Waals surface area contributed by atoms with E-state index in [2.05, 4.69) is 25.7 Å². The fraction of sp³-hybridized carbons (Fsp3) is 0.500. The van der Waals surface area contributed by atoms with E-state index in [1.165, 1.54) is 0 Å². The van der Waals surface area contributed by atoms with Crippen molar-refractivity contribution in [2.75, 3.05) is 20.2 Å². The van der Waals surface area contributed by atoms with Gasteiger partial charge in [-0.2, -0.15) is 5.10 Å². The molecule has 0 saturated carbocycles. The van der Waals surface area contributed by atoms with Crippen molar-refractivity contribution in [3.63, 3.8) is 0 Å². The third-order valence-electron chi connectivity index (χ3n) is 4.39. The van der Waals surface area contributed by atoms with Crippen LogP contribution >= 0.6 is 0 Å². The summed E-state index contributed by atoms with van der Waals surface area (Å²) in [7, 11) is 1.61. The summed E-state index contributed by atoms with van der Waals surface area (Å²) in [6.45, 7) is 3.80. The number of benzene rings is 1. The molecule has 1 aromatic carbocycles. The second kappa shape index (κ2) is 8.66. The van der Waals surface area contributed by atoms with E-state index in [-0.39, 0.29) is 12.6 Å². The molecule has 0 bridgehead atoms. The fourth-order valence-corrected chi connectivity index (χ4v) is 3.00. The van der Waals surface area contributed by atoms with Crippen LogP contribution in [0.3, 0.4) is 0 Å². The van der Waals surface area contributed by atoms with E-state index in [1.54, 1.807) is 13.4 Å². The lowest BCUT2D eigenvalue weighted by molar-refractivity contribution is 0.186. The summed E-state index contributed by atoms with van der Waals surface area (Å²) in [5.74, 6) is 2.45. The Morgan fingerprint density at radius 1 is 1.50 bits per heavy atom. The van der Waals surface area contributed by atoms with Crippen molar-refractivity contribution in [2.24, 2.45) is 4.99 Å². The quantitative estimate of drug-likeness (QED) is 0.524. The molecule has 1 aliphatic rings. The van der Waals surface area contributed by atoms with Crippen LogP contribution < -0.4 is 15.4 Å². The average molecular weight is 358 g/mol. The van der Waals surface area contributed by atoms with Crippen LogP contribution in [0.1, 0.15) is 30.8 Å². The lowest BCUT2D eigenvalue weighted by Crippen LogP contribution is -2.47. The number of hydrogen-bond acceptors (Lipinski definition) is 5. The van der Waals surface area contributed by atoms with Gasteiger partial charge in [-0.25, -0.2) is 9.67 Å². The fourth-order valence-electron chi connectivity index (χ4n) is 3.00. The Balaban J connectivity index is 1.61. The van der Waals surface area contributed by atoms with Crippen molar-refractivity contribution in [1.29, 1.82) is 0 Å². The highest BCUT2D eigenvalue weighted by molar-refractivity contribution is 5.80. The van der Waals surface area contributed by atoms with Crippen LogP contribution in [0.25, 0.3) is 0 Å². The number of aliphatic hydroxyl groups excluding tert-OH is 1. The summed E-state index contributed by atoms with van der Waals surface area (Å²) in [4.78, 5) is 8.79. The number of methoxy groups -OCH3 is 1. The maximum Gasteiger partial charge on any atom is 0.191 e. The van der Waals surface area contributed by atoms with Gasteiger partial charge < -0.3 is 20.5 Å². The van der Waals surface area contributed by atoms with Gasteiger partial charge in [-0.1, -0.05) is 12.1 Å². The molecule has 26 heavy (non-hydrogen) atoms. The van der Waals surface area contributed by atoms with E-state index >= 15 is 0 Å². The molecule has 2 aromatic rings. The molecule has 2 unspecified atom stereocenters. The largest absolute Gasteiger partial charge is 0.497 e. The molecule has 3 rings (SSSR count). The molecule has 1 aromatic heterocycles. The molecule has 1 aliphatic heterocycles. The number of aromatic nitrogens is 3. The number of rotatable bonds is 6. The zero-order valence-electron chi connectivity index (χ0n) is 15.2. The van der Waals surface area contributed by atoms with Gasteiger partial charge in [0.25, 0.3) is 0 Å². The Kier molecular flexibility index (Phi) is 6.06. The molecule has 0 amide bonds. The number of aliphatic imine (C=N–C) groups is 1. The van der Waals surface area contributed by atoms with Crippen molar-refractivity contribution < 1.29 is 9.84 Å². The molecule has 3 N–H and O–H groups in total. The molecule has 2 atom stereocenters. The Morgan fingerprint density at radius 2 is 2.38 bits per heavy atom. The third-order valence-corrected chi connectivity index (χ3v) is 4.39. The van der Waals surface area contributed by atoms with Crippen LogP contribution in [0.2, 0.25) is 0 Å². The maximum atomic E-state index is 10.4. The zero-order valence-corrected chi connectivity index (χ0v) is 15.2.